The molecule has 0 aliphatic carbocycles. The Kier molecular flexibility index (Phi) is 6.89. The first kappa shape index (κ1) is 19.8. The molecular weight excluding hydrogens is 380 g/mol. The van der Waals surface area contributed by atoms with E-state index in [4.69, 9.17) is 11.6 Å². The van der Waals surface area contributed by atoms with Crippen LogP contribution in [0.15, 0.2) is 58.3 Å². The summed E-state index contributed by atoms with van der Waals surface area (Å²) in [4.78, 5) is 13.0. The fourth-order valence-electron chi connectivity index (χ4n) is 2.00. The average molecular weight is 399 g/mol. The monoisotopic (exact) mass is 398 g/mol. The molecule has 0 aliphatic rings. The molecule has 8 heteroatoms. The van der Waals surface area contributed by atoms with Crippen LogP contribution in [0.2, 0.25) is 5.02 Å². The molecule has 2 rings (SSSR count). The van der Waals surface area contributed by atoms with Crippen molar-refractivity contribution in [1.29, 1.82) is 0 Å². The highest BCUT2D eigenvalue weighted by Crippen LogP contribution is 2.26. The van der Waals surface area contributed by atoms with Gasteiger partial charge in [0.05, 0.1) is 15.7 Å². The van der Waals surface area contributed by atoms with Gasteiger partial charge in [0.15, 0.2) is 0 Å². The van der Waals surface area contributed by atoms with Gasteiger partial charge in [0, 0.05) is 16.6 Å². The lowest BCUT2D eigenvalue weighted by atomic mass is 10.3. The summed E-state index contributed by atoms with van der Waals surface area (Å²) in [5.41, 5.74) is 0.535. The summed E-state index contributed by atoms with van der Waals surface area (Å²) in [6, 6.07) is 13.2. The first-order valence-corrected chi connectivity index (χ1v) is 10.4. The van der Waals surface area contributed by atoms with Crippen LogP contribution in [-0.2, 0) is 14.8 Å². The van der Waals surface area contributed by atoms with Crippen LogP contribution in [0.4, 0.5) is 5.69 Å². The van der Waals surface area contributed by atoms with E-state index in [1.807, 2.05) is 18.2 Å². The average Bonchev–Trinajstić information content (AvgIpc) is 2.53. The predicted octanol–water partition coefficient (Wildman–Crippen LogP) is 3.76. The maximum Gasteiger partial charge on any atom is 0.240 e. The molecule has 2 aromatic rings. The summed E-state index contributed by atoms with van der Waals surface area (Å²) in [7, 11) is -3.54. The highest BCUT2D eigenvalue weighted by molar-refractivity contribution is 8.00. The van der Waals surface area contributed by atoms with Crippen LogP contribution in [0.3, 0.4) is 0 Å². The van der Waals surface area contributed by atoms with Gasteiger partial charge in [-0.05, 0) is 50.2 Å². The lowest BCUT2D eigenvalue weighted by Crippen LogP contribution is -2.30. The molecule has 0 atom stereocenters. The van der Waals surface area contributed by atoms with Crippen molar-refractivity contribution in [1.82, 2.24) is 4.72 Å². The Morgan fingerprint density at radius 3 is 2.36 bits per heavy atom. The predicted molar refractivity (Wildman–Crippen MR) is 103 cm³/mol. The van der Waals surface area contributed by atoms with Gasteiger partial charge in [0.25, 0.3) is 0 Å². The molecule has 2 N–H and O–H groups in total. The molecule has 25 heavy (non-hydrogen) atoms. The van der Waals surface area contributed by atoms with Gasteiger partial charge in [-0.3, -0.25) is 4.79 Å². The third kappa shape index (κ3) is 6.04. The molecule has 0 saturated carbocycles. The van der Waals surface area contributed by atoms with Gasteiger partial charge in [-0.1, -0.05) is 23.7 Å². The van der Waals surface area contributed by atoms with Crippen molar-refractivity contribution in [3.05, 3.63) is 53.6 Å². The zero-order chi connectivity index (χ0) is 18.4. The minimum Gasteiger partial charge on any atom is -0.325 e. The Morgan fingerprint density at radius 1 is 1.12 bits per heavy atom. The molecule has 0 aliphatic heterocycles. The fraction of sp³-hybridized carbons (Fsp3) is 0.235. The van der Waals surface area contributed by atoms with Crippen LogP contribution < -0.4 is 10.0 Å². The van der Waals surface area contributed by atoms with Gasteiger partial charge in [-0.15, -0.1) is 11.8 Å². The lowest BCUT2D eigenvalue weighted by Gasteiger charge is -2.10. The van der Waals surface area contributed by atoms with Crippen LogP contribution in [0, 0.1) is 0 Å². The van der Waals surface area contributed by atoms with E-state index in [9.17, 15) is 13.2 Å². The Balaban J connectivity index is 1.94. The van der Waals surface area contributed by atoms with Gasteiger partial charge in [-0.2, -0.15) is 0 Å². The van der Waals surface area contributed by atoms with Crippen LogP contribution in [0.25, 0.3) is 0 Å². The molecule has 0 spiro atoms. The SMILES string of the molecule is CC(C)NS(=O)(=O)c1ccc(NC(=O)CSc2ccccc2Cl)cc1. The number of thioether (sulfide) groups is 1. The first-order valence-electron chi connectivity index (χ1n) is 7.57. The minimum absolute atomic E-state index is 0.157. The number of carbonyl (C=O) groups is 1. The second-order valence-electron chi connectivity index (χ2n) is 5.57. The third-order valence-electron chi connectivity index (χ3n) is 3.03. The summed E-state index contributed by atoms with van der Waals surface area (Å²) in [6.45, 7) is 3.51. The summed E-state index contributed by atoms with van der Waals surface area (Å²) < 4.78 is 26.6. The number of halogens is 1. The number of anilines is 1. The van der Waals surface area contributed by atoms with Crippen LogP contribution in [0.5, 0.6) is 0 Å². The van der Waals surface area contributed by atoms with Crippen molar-refractivity contribution in [2.75, 3.05) is 11.1 Å². The quantitative estimate of drug-likeness (QED) is 0.696. The first-order chi connectivity index (χ1) is 11.8. The Bertz CT molecular complexity index is 837. The zero-order valence-electron chi connectivity index (χ0n) is 13.8. The number of amides is 1. The standard InChI is InChI=1S/C17H19ClN2O3S2/c1-12(2)20-25(22,23)14-9-7-13(8-10-14)19-17(21)11-24-16-6-4-3-5-15(16)18/h3-10,12,20H,11H2,1-2H3,(H,19,21). The van der Waals surface area contributed by atoms with Crippen molar-refractivity contribution in [2.24, 2.45) is 0 Å². The van der Waals surface area contributed by atoms with Crippen LogP contribution in [-0.4, -0.2) is 26.1 Å². The third-order valence-corrected chi connectivity index (χ3v) is 6.22. The number of sulfonamides is 1. The van der Waals surface area contributed by atoms with Crippen molar-refractivity contribution < 1.29 is 13.2 Å². The molecule has 0 radical (unpaired) electrons. The number of hydrogen-bond acceptors (Lipinski definition) is 4. The van der Waals surface area contributed by atoms with E-state index in [1.54, 1.807) is 32.0 Å². The summed E-state index contributed by atoms with van der Waals surface area (Å²) in [5, 5.41) is 3.34. The van der Waals surface area contributed by atoms with E-state index in [1.165, 1.54) is 23.9 Å². The number of carbonyl (C=O) groups excluding carboxylic acids is 1. The van der Waals surface area contributed by atoms with Crippen molar-refractivity contribution in [3.8, 4) is 0 Å². The lowest BCUT2D eigenvalue weighted by molar-refractivity contribution is -0.113. The molecular formula is C17H19ClN2O3S2. The van der Waals surface area contributed by atoms with E-state index in [0.717, 1.165) is 4.90 Å². The second-order valence-corrected chi connectivity index (χ2v) is 8.71. The molecule has 2 aromatic carbocycles. The molecule has 0 unspecified atom stereocenters. The fourth-order valence-corrected chi connectivity index (χ4v) is 4.29. The zero-order valence-corrected chi connectivity index (χ0v) is 16.2. The number of rotatable bonds is 7. The Hall–Kier alpha value is -1.54. The van der Waals surface area contributed by atoms with E-state index in [0.29, 0.717) is 10.7 Å². The molecule has 0 heterocycles. The van der Waals surface area contributed by atoms with Gasteiger partial charge in [0.1, 0.15) is 0 Å². The second kappa shape index (κ2) is 8.71. The number of benzene rings is 2. The van der Waals surface area contributed by atoms with Gasteiger partial charge in [-0.25, -0.2) is 13.1 Å². The van der Waals surface area contributed by atoms with Crippen LogP contribution in [0.1, 0.15) is 13.8 Å². The number of hydrogen-bond donors (Lipinski definition) is 2. The maximum absolute atomic E-state index is 12.1. The van der Waals surface area contributed by atoms with E-state index in [-0.39, 0.29) is 22.6 Å². The Morgan fingerprint density at radius 2 is 1.76 bits per heavy atom. The smallest absolute Gasteiger partial charge is 0.240 e. The molecule has 0 fully saturated rings. The molecule has 5 nitrogen and oxygen atoms in total. The van der Waals surface area contributed by atoms with E-state index in [2.05, 4.69) is 10.0 Å². The molecule has 0 aromatic heterocycles. The number of nitrogens with one attached hydrogen (secondary N) is 2. The van der Waals surface area contributed by atoms with Gasteiger partial charge < -0.3 is 5.32 Å². The normalized spacial score (nSPS) is 11.5. The molecule has 0 saturated heterocycles. The summed E-state index contributed by atoms with van der Waals surface area (Å²) in [5.74, 6) is 0.0134. The van der Waals surface area contributed by atoms with Crippen molar-refractivity contribution in [2.45, 2.75) is 29.7 Å². The summed E-state index contributed by atoms with van der Waals surface area (Å²) in [6.07, 6.45) is 0. The summed E-state index contributed by atoms with van der Waals surface area (Å²) >= 11 is 7.39. The van der Waals surface area contributed by atoms with Crippen molar-refractivity contribution >= 4 is 45.0 Å². The van der Waals surface area contributed by atoms with Crippen LogP contribution >= 0.6 is 23.4 Å². The van der Waals surface area contributed by atoms with E-state index < -0.39 is 10.0 Å². The Labute approximate surface area is 157 Å². The highest BCUT2D eigenvalue weighted by atomic mass is 35.5. The largest absolute Gasteiger partial charge is 0.325 e. The molecule has 0 bridgehead atoms. The molecule has 1 amide bonds. The highest BCUT2D eigenvalue weighted by Gasteiger charge is 2.15. The topological polar surface area (TPSA) is 75.3 Å². The molecule has 134 valence electrons. The van der Waals surface area contributed by atoms with E-state index >= 15 is 0 Å². The maximum atomic E-state index is 12.1. The van der Waals surface area contributed by atoms with Gasteiger partial charge in [0.2, 0.25) is 15.9 Å². The van der Waals surface area contributed by atoms with Crippen molar-refractivity contribution in [3.63, 3.8) is 0 Å². The van der Waals surface area contributed by atoms with Gasteiger partial charge >= 0.3 is 0 Å². The minimum atomic E-state index is -3.54.